The van der Waals surface area contributed by atoms with E-state index < -0.39 is 0 Å². The molecular formula is C21H27N3O3. The maximum absolute atomic E-state index is 12.7. The van der Waals surface area contributed by atoms with Crippen molar-refractivity contribution in [2.75, 3.05) is 31.0 Å². The maximum Gasteiger partial charge on any atom is 0.274 e. The summed E-state index contributed by atoms with van der Waals surface area (Å²) in [6.07, 6.45) is 6.46. The van der Waals surface area contributed by atoms with Gasteiger partial charge in [-0.3, -0.25) is 9.78 Å². The minimum atomic E-state index is -0.259. The maximum atomic E-state index is 12.7. The monoisotopic (exact) mass is 369 g/mol. The van der Waals surface area contributed by atoms with Gasteiger partial charge in [0.1, 0.15) is 17.2 Å². The molecule has 144 valence electrons. The van der Waals surface area contributed by atoms with E-state index >= 15 is 0 Å². The summed E-state index contributed by atoms with van der Waals surface area (Å²) in [4.78, 5) is 19.4. The summed E-state index contributed by atoms with van der Waals surface area (Å²) in [5.41, 5.74) is 2.04. The number of nitrogens with one attached hydrogen (secondary N) is 1. The van der Waals surface area contributed by atoms with Crippen LogP contribution >= 0.6 is 0 Å². The highest BCUT2D eigenvalue weighted by molar-refractivity contribution is 6.04. The smallest absolute Gasteiger partial charge is 0.274 e. The number of methoxy groups -OCH3 is 2. The van der Waals surface area contributed by atoms with Gasteiger partial charge in [0.2, 0.25) is 0 Å². The second-order valence-corrected chi connectivity index (χ2v) is 6.67. The molecule has 1 saturated heterocycles. The summed E-state index contributed by atoms with van der Waals surface area (Å²) in [7, 11) is 3.15. The topological polar surface area (TPSA) is 63.7 Å². The molecule has 6 heteroatoms. The molecular weight excluding hydrogens is 342 g/mol. The third kappa shape index (κ3) is 4.32. The Hall–Kier alpha value is -2.76. The SMILES string of the molecule is CCC1CCCCN1c1ccnc(C(=O)Nc2ccc(OC)cc2OC)c1. The molecule has 1 fully saturated rings. The minimum absolute atomic E-state index is 0.259. The predicted octanol–water partition coefficient (Wildman–Crippen LogP) is 4.12. The number of nitrogens with zero attached hydrogens (tertiary/aromatic N) is 2. The summed E-state index contributed by atoms with van der Waals surface area (Å²) < 4.78 is 10.5. The molecule has 1 aliphatic rings. The van der Waals surface area contributed by atoms with Crippen LogP contribution in [0.1, 0.15) is 43.1 Å². The fourth-order valence-corrected chi connectivity index (χ4v) is 3.58. The zero-order valence-electron chi connectivity index (χ0n) is 16.2. The van der Waals surface area contributed by atoms with Crippen molar-refractivity contribution < 1.29 is 14.3 Å². The fraction of sp³-hybridized carbons (Fsp3) is 0.429. The normalized spacial score (nSPS) is 16.7. The number of hydrogen-bond donors (Lipinski definition) is 1. The number of piperidine rings is 1. The second-order valence-electron chi connectivity index (χ2n) is 6.67. The lowest BCUT2D eigenvalue weighted by atomic mass is 9.99. The van der Waals surface area contributed by atoms with Crippen LogP contribution in [0.3, 0.4) is 0 Å². The number of anilines is 2. The fourth-order valence-electron chi connectivity index (χ4n) is 3.58. The van der Waals surface area contributed by atoms with Crippen LogP contribution in [0.25, 0.3) is 0 Å². The van der Waals surface area contributed by atoms with E-state index in [0.717, 1.165) is 18.7 Å². The number of benzene rings is 1. The molecule has 1 N–H and O–H groups in total. The van der Waals surface area contributed by atoms with Gasteiger partial charge in [-0.05, 0) is 49.9 Å². The van der Waals surface area contributed by atoms with Gasteiger partial charge in [0, 0.05) is 30.5 Å². The quantitative estimate of drug-likeness (QED) is 0.830. The zero-order valence-corrected chi connectivity index (χ0v) is 16.2. The Balaban J connectivity index is 1.80. The van der Waals surface area contributed by atoms with Crippen molar-refractivity contribution in [2.45, 2.75) is 38.6 Å². The highest BCUT2D eigenvalue weighted by Gasteiger charge is 2.22. The summed E-state index contributed by atoms with van der Waals surface area (Å²) in [5, 5.41) is 2.88. The van der Waals surface area contributed by atoms with Crippen LogP contribution in [-0.4, -0.2) is 37.7 Å². The molecule has 6 nitrogen and oxygen atoms in total. The molecule has 1 unspecified atom stereocenters. The number of hydrogen-bond acceptors (Lipinski definition) is 5. The zero-order chi connectivity index (χ0) is 19.2. The average Bonchev–Trinajstić information content (AvgIpc) is 2.74. The van der Waals surface area contributed by atoms with E-state index in [1.54, 1.807) is 38.6 Å². The Kier molecular flexibility index (Phi) is 6.16. The average molecular weight is 369 g/mol. The van der Waals surface area contributed by atoms with Gasteiger partial charge < -0.3 is 19.7 Å². The van der Waals surface area contributed by atoms with Gasteiger partial charge in [-0.1, -0.05) is 6.92 Å². The Morgan fingerprint density at radius 3 is 2.81 bits per heavy atom. The third-order valence-corrected chi connectivity index (χ3v) is 5.06. The van der Waals surface area contributed by atoms with Crippen molar-refractivity contribution in [2.24, 2.45) is 0 Å². The first kappa shape index (κ1) is 19.0. The number of pyridine rings is 1. The number of carbonyl (C=O) groups excluding carboxylic acids is 1. The molecule has 2 aromatic rings. The molecule has 1 aromatic carbocycles. The molecule has 1 aliphatic heterocycles. The van der Waals surface area contributed by atoms with Gasteiger partial charge >= 0.3 is 0 Å². The summed E-state index contributed by atoms with van der Waals surface area (Å²) in [5.74, 6) is 0.951. The van der Waals surface area contributed by atoms with E-state index in [0.29, 0.717) is 28.9 Å². The van der Waals surface area contributed by atoms with Gasteiger partial charge in [0.05, 0.1) is 19.9 Å². The van der Waals surface area contributed by atoms with Crippen molar-refractivity contribution in [1.82, 2.24) is 4.98 Å². The lowest BCUT2D eigenvalue weighted by molar-refractivity contribution is 0.102. The van der Waals surface area contributed by atoms with Crippen LogP contribution in [-0.2, 0) is 0 Å². The molecule has 0 radical (unpaired) electrons. The summed E-state index contributed by atoms with van der Waals surface area (Å²) in [6, 6.07) is 9.66. The minimum Gasteiger partial charge on any atom is -0.497 e. The van der Waals surface area contributed by atoms with E-state index in [4.69, 9.17) is 9.47 Å². The van der Waals surface area contributed by atoms with Gasteiger partial charge in [0.15, 0.2) is 0 Å². The van der Waals surface area contributed by atoms with Crippen LogP contribution in [0, 0.1) is 0 Å². The van der Waals surface area contributed by atoms with Crippen LogP contribution < -0.4 is 19.7 Å². The largest absolute Gasteiger partial charge is 0.497 e. The van der Waals surface area contributed by atoms with Gasteiger partial charge in [-0.2, -0.15) is 0 Å². The molecule has 0 aliphatic carbocycles. The van der Waals surface area contributed by atoms with E-state index in [1.807, 2.05) is 12.1 Å². The lowest BCUT2D eigenvalue weighted by Crippen LogP contribution is -2.39. The van der Waals surface area contributed by atoms with Crippen LogP contribution in [0.15, 0.2) is 36.5 Å². The Morgan fingerprint density at radius 1 is 1.22 bits per heavy atom. The number of amides is 1. The summed E-state index contributed by atoms with van der Waals surface area (Å²) in [6.45, 7) is 3.24. The van der Waals surface area contributed by atoms with E-state index in [1.165, 1.54) is 19.3 Å². The van der Waals surface area contributed by atoms with Gasteiger partial charge in [-0.25, -0.2) is 0 Å². The van der Waals surface area contributed by atoms with Crippen molar-refractivity contribution in [1.29, 1.82) is 0 Å². The standard InChI is InChI=1S/C21H27N3O3/c1-4-15-7-5-6-12-24(15)16-10-11-22-19(13-16)21(25)23-18-9-8-17(26-2)14-20(18)27-3/h8-11,13-15H,4-7,12H2,1-3H3,(H,23,25). The first-order chi connectivity index (χ1) is 13.2. The highest BCUT2D eigenvalue weighted by atomic mass is 16.5. The molecule has 0 spiro atoms. The van der Waals surface area contributed by atoms with E-state index in [9.17, 15) is 4.79 Å². The number of aromatic nitrogens is 1. The molecule has 0 saturated carbocycles. The van der Waals surface area contributed by atoms with Crippen molar-refractivity contribution in [3.05, 3.63) is 42.2 Å². The number of ether oxygens (including phenoxy) is 2. The van der Waals surface area contributed by atoms with Crippen molar-refractivity contribution >= 4 is 17.3 Å². The molecule has 1 aromatic heterocycles. The molecule has 3 rings (SSSR count). The van der Waals surface area contributed by atoms with Crippen LogP contribution in [0.4, 0.5) is 11.4 Å². The third-order valence-electron chi connectivity index (χ3n) is 5.06. The van der Waals surface area contributed by atoms with Gasteiger partial charge in [-0.15, -0.1) is 0 Å². The Bertz CT molecular complexity index is 794. The number of carbonyl (C=O) groups is 1. The molecule has 1 atom stereocenters. The first-order valence-electron chi connectivity index (χ1n) is 9.42. The summed E-state index contributed by atoms with van der Waals surface area (Å²) >= 11 is 0. The van der Waals surface area contributed by atoms with Crippen LogP contribution in [0.5, 0.6) is 11.5 Å². The number of rotatable bonds is 6. The lowest BCUT2D eigenvalue weighted by Gasteiger charge is -2.37. The van der Waals surface area contributed by atoms with Gasteiger partial charge in [0.25, 0.3) is 5.91 Å². The van der Waals surface area contributed by atoms with Crippen molar-refractivity contribution in [3.63, 3.8) is 0 Å². The Labute approximate surface area is 160 Å². The molecule has 27 heavy (non-hydrogen) atoms. The molecule has 1 amide bonds. The van der Waals surface area contributed by atoms with Crippen LogP contribution in [0.2, 0.25) is 0 Å². The Morgan fingerprint density at radius 2 is 2.07 bits per heavy atom. The molecule has 0 bridgehead atoms. The van der Waals surface area contributed by atoms with E-state index in [-0.39, 0.29) is 5.91 Å². The molecule has 2 heterocycles. The van der Waals surface area contributed by atoms with E-state index in [2.05, 4.69) is 22.1 Å². The predicted molar refractivity (Wildman–Crippen MR) is 107 cm³/mol. The second kappa shape index (κ2) is 8.75. The van der Waals surface area contributed by atoms with Crippen molar-refractivity contribution in [3.8, 4) is 11.5 Å². The highest BCUT2D eigenvalue weighted by Crippen LogP contribution is 2.30. The first-order valence-corrected chi connectivity index (χ1v) is 9.42.